The van der Waals surface area contributed by atoms with Crippen LogP contribution in [-0.4, -0.2) is 42.6 Å². The van der Waals surface area contributed by atoms with E-state index >= 15 is 0 Å². The first kappa shape index (κ1) is 26.0. The number of thioether (sulfide) groups is 1. The molecule has 156 valence electrons. The van der Waals surface area contributed by atoms with Crippen molar-refractivity contribution in [2.75, 3.05) is 33.1 Å². The van der Waals surface area contributed by atoms with Crippen LogP contribution in [0.4, 0.5) is 0 Å². The Labute approximate surface area is 166 Å². The predicted octanol–water partition coefficient (Wildman–Crippen LogP) is 6.04. The van der Waals surface area contributed by atoms with Crippen molar-refractivity contribution in [1.82, 2.24) is 5.32 Å². The van der Waals surface area contributed by atoms with Gasteiger partial charge in [-0.15, -0.1) is 0 Å². The SMILES string of the molecule is CCCCCCCNC(SCC)=[N+](CCCCCCC)P(=O)(OC)OC. The monoisotopic (exact) mass is 409 g/mol. The van der Waals surface area contributed by atoms with Gasteiger partial charge in [0, 0.05) is 20.0 Å². The molecule has 0 bridgehead atoms. The molecule has 0 atom stereocenters. The van der Waals surface area contributed by atoms with Gasteiger partial charge in [0.05, 0.1) is 13.1 Å². The second-order valence-corrected chi connectivity index (χ2v) is 9.85. The van der Waals surface area contributed by atoms with Crippen molar-refractivity contribution in [3.63, 3.8) is 0 Å². The maximum atomic E-state index is 13.1. The highest BCUT2D eigenvalue weighted by Gasteiger charge is 2.35. The molecule has 0 aliphatic carbocycles. The van der Waals surface area contributed by atoms with Gasteiger partial charge in [-0.1, -0.05) is 59.3 Å². The first-order valence-electron chi connectivity index (χ1n) is 10.3. The van der Waals surface area contributed by atoms with Crippen LogP contribution >= 0.6 is 19.5 Å². The van der Waals surface area contributed by atoms with Crippen LogP contribution in [0.25, 0.3) is 0 Å². The Morgan fingerprint density at radius 2 is 1.42 bits per heavy atom. The fourth-order valence-corrected chi connectivity index (χ4v) is 5.16. The Hall–Kier alpha value is -0.0300. The Morgan fingerprint density at radius 1 is 0.885 bits per heavy atom. The molecule has 0 aromatic rings. The number of hydrogen-bond acceptors (Lipinski definition) is 4. The highest BCUT2D eigenvalue weighted by molar-refractivity contribution is 8.13. The molecule has 0 saturated carbocycles. The standard InChI is InChI=1S/C19H41N2O3PS/c1-6-9-11-13-15-17-20-19(26-8-3)21(25(22,23-4)24-5)18-16-14-12-10-7-2/h6-18H2,1-5H3/p+1. The molecule has 0 aromatic carbocycles. The molecule has 0 spiro atoms. The summed E-state index contributed by atoms with van der Waals surface area (Å²) in [6.45, 7) is 8.13. The summed E-state index contributed by atoms with van der Waals surface area (Å²) >= 11 is 1.68. The molecule has 0 saturated heterocycles. The van der Waals surface area contributed by atoms with Crippen LogP contribution in [0.3, 0.4) is 0 Å². The Balaban J connectivity index is 4.99. The number of rotatable bonds is 16. The Kier molecular flexibility index (Phi) is 17.1. The minimum atomic E-state index is -3.29. The van der Waals surface area contributed by atoms with Gasteiger partial charge in [-0.3, -0.25) is 14.4 Å². The molecule has 0 unspecified atom stereocenters. The third-order valence-corrected chi connectivity index (χ3v) is 7.28. The molecule has 0 fully saturated rings. The number of amidine groups is 1. The second kappa shape index (κ2) is 17.1. The van der Waals surface area contributed by atoms with Gasteiger partial charge in [0.2, 0.25) is 0 Å². The van der Waals surface area contributed by atoms with Crippen LogP contribution in [0, 0.1) is 0 Å². The van der Waals surface area contributed by atoms with Gasteiger partial charge in [-0.05, 0) is 37.4 Å². The number of unbranched alkanes of at least 4 members (excludes halogenated alkanes) is 8. The molecular weight excluding hydrogens is 367 g/mol. The van der Waals surface area contributed by atoms with E-state index in [9.17, 15) is 4.57 Å². The van der Waals surface area contributed by atoms with E-state index < -0.39 is 7.75 Å². The van der Waals surface area contributed by atoms with E-state index in [1.165, 1.54) is 59.2 Å². The summed E-state index contributed by atoms with van der Waals surface area (Å²) in [5, 5.41) is 4.42. The zero-order chi connectivity index (χ0) is 19.7. The topological polar surface area (TPSA) is 50.6 Å². The smallest absolute Gasteiger partial charge is 0.278 e. The van der Waals surface area contributed by atoms with Crippen molar-refractivity contribution in [2.45, 2.75) is 85.0 Å². The third-order valence-electron chi connectivity index (χ3n) is 4.30. The fourth-order valence-electron chi connectivity index (χ4n) is 2.75. The molecule has 5 nitrogen and oxygen atoms in total. The van der Waals surface area contributed by atoms with Crippen LogP contribution in [0.2, 0.25) is 0 Å². The normalized spacial score (nSPS) is 13.0. The van der Waals surface area contributed by atoms with E-state index in [-0.39, 0.29) is 0 Å². The maximum absolute atomic E-state index is 13.1. The molecule has 0 aromatic heterocycles. The minimum absolute atomic E-state index is 0.688. The summed E-state index contributed by atoms with van der Waals surface area (Å²) in [6.07, 6.45) is 12.0. The van der Waals surface area contributed by atoms with Crippen LogP contribution < -0.4 is 5.32 Å². The van der Waals surface area contributed by atoms with Crippen molar-refractivity contribution in [3.05, 3.63) is 0 Å². The predicted molar refractivity (Wildman–Crippen MR) is 115 cm³/mol. The van der Waals surface area contributed by atoms with Crippen LogP contribution in [0.5, 0.6) is 0 Å². The fraction of sp³-hybridized carbons (Fsp3) is 0.947. The van der Waals surface area contributed by atoms with Gasteiger partial charge in [-0.25, -0.2) is 4.57 Å². The summed E-state index contributed by atoms with van der Waals surface area (Å²) in [7, 11) is -0.355. The van der Waals surface area contributed by atoms with E-state index in [1.807, 2.05) is 4.35 Å². The van der Waals surface area contributed by atoms with Crippen molar-refractivity contribution < 1.29 is 18.0 Å². The molecule has 0 aliphatic rings. The summed E-state index contributed by atoms with van der Waals surface area (Å²) in [5.41, 5.74) is 0. The van der Waals surface area contributed by atoms with Crippen LogP contribution in [0.15, 0.2) is 0 Å². The zero-order valence-electron chi connectivity index (χ0n) is 17.7. The molecule has 0 amide bonds. The molecule has 26 heavy (non-hydrogen) atoms. The molecule has 7 heteroatoms. The van der Waals surface area contributed by atoms with Crippen LogP contribution in [0.1, 0.15) is 85.0 Å². The molecule has 1 N–H and O–H groups in total. The Morgan fingerprint density at radius 3 is 1.92 bits per heavy atom. The maximum Gasteiger partial charge on any atom is 0.523 e. The van der Waals surface area contributed by atoms with E-state index in [0.29, 0.717) is 6.54 Å². The van der Waals surface area contributed by atoms with Gasteiger partial charge in [-0.2, -0.15) is 4.35 Å². The molecule has 0 aliphatic heterocycles. The van der Waals surface area contributed by atoms with Gasteiger partial charge in [0.15, 0.2) is 0 Å². The van der Waals surface area contributed by atoms with E-state index in [4.69, 9.17) is 9.05 Å². The first-order valence-corrected chi connectivity index (χ1v) is 12.8. The van der Waals surface area contributed by atoms with Gasteiger partial charge >= 0.3 is 12.9 Å². The highest BCUT2D eigenvalue weighted by Crippen LogP contribution is 2.48. The molecule has 0 rings (SSSR count). The third kappa shape index (κ3) is 11.0. The first-order chi connectivity index (χ1) is 12.6. The largest absolute Gasteiger partial charge is 0.523 e. The van der Waals surface area contributed by atoms with E-state index in [2.05, 4.69) is 26.1 Å². The van der Waals surface area contributed by atoms with Crippen molar-refractivity contribution >= 4 is 24.7 Å². The lowest BCUT2D eigenvalue weighted by molar-refractivity contribution is -0.400. The lowest BCUT2D eigenvalue weighted by Crippen LogP contribution is -2.32. The average molecular weight is 410 g/mol. The number of nitrogens with one attached hydrogen (secondary N) is 1. The second-order valence-electron chi connectivity index (χ2n) is 6.45. The van der Waals surface area contributed by atoms with E-state index in [1.54, 1.807) is 11.8 Å². The quantitative estimate of drug-likeness (QED) is 0.146. The van der Waals surface area contributed by atoms with Gasteiger partial charge < -0.3 is 0 Å². The lowest BCUT2D eigenvalue weighted by Gasteiger charge is -2.18. The number of nitrogens with zero attached hydrogens (tertiary/aromatic N) is 1. The van der Waals surface area contributed by atoms with Crippen molar-refractivity contribution in [3.8, 4) is 0 Å². The van der Waals surface area contributed by atoms with Crippen molar-refractivity contribution in [2.24, 2.45) is 0 Å². The van der Waals surface area contributed by atoms with Gasteiger partial charge in [0.1, 0.15) is 0 Å². The average Bonchev–Trinajstić information content (AvgIpc) is 2.66. The van der Waals surface area contributed by atoms with Crippen LogP contribution in [-0.2, 0) is 13.6 Å². The number of hydrogen-bond donors (Lipinski definition) is 1. The molecule has 0 radical (unpaired) electrons. The lowest BCUT2D eigenvalue weighted by atomic mass is 10.1. The van der Waals surface area contributed by atoms with Gasteiger partial charge in [0.25, 0.3) is 0 Å². The summed E-state index contributed by atoms with van der Waals surface area (Å²) in [5.74, 6) is 0.915. The zero-order valence-corrected chi connectivity index (χ0v) is 19.4. The highest BCUT2D eigenvalue weighted by atomic mass is 32.2. The van der Waals surface area contributed by atoms with E-state index in [0.717, 1.165) is 36.7 Å². The summed E-state index contributed by atoms with van der Waals surface area (Å²) in [6, 6.07) is 0. The molecule has 0 heterocycles. The van der Waals surface area contributed by atoms with Crippen molar-refractivity contribution in [1.29, 1.82) is 0 Å². The minimum Gasteiger partial charge on any atom is -0.278 e. The summed E-state index contributed by atoms with van der Waals surface area (Å²) in [4.78, 5) is 0. The Bertz CT molecular complexity index is 412. The summed E-state index contributed by atoms with van der Waals surface area (Å²) < 4.78 is 25.5. The molecular formula is C19H42N2O3PS+.